The number of aryl methyl sites for hydroxylation is 1. The summed E-state index contributed by atoms with van der Waals surface area (Å²) in [6, 6.07) is 20.7. The van der Waals surface area contributed by atoms with Crippen LogP contribution in [0.5, 0.6) is 11.5 Å². The summed E-state index contributed by atoms with van der Waals surface area (Å²) < 4.78 is 12.5. The molecule has 1 amide bonds. The van der Waals surface area contributed by atoms with Gasteiger partial charge in [-0.2, -0.15) is 0 Å². The molecular formula is C23H21N3O3. The predicted molar refractivity (Wildman–Crippen MR) is 114 cm³/mol. The van der Waals surface area contributed by atoms with E-state index in [-0.39, 0.29) is 5.91 Å². The van der Waals surface area contributed by atoms with Gasteiger partial charge in [0.15, 0.2) is 11.5 Å². The zero-order valence-corrected chi connectivity index (χ0v) is 16.5. The van der Waals surface area contributed by atoms with Gasteiger partial charge in [0, 0.05) is 23.9 Å². The van der Waals surface area contributed by atoms with Crippen molar-refractivity contribution in [2.75, 3.05) is 19.5 Å². The molecule has 6 heteroatoms. The molecule has 29 heavy (non-hydrogen) atoms. The SMILES string of the molecule is COc1ccc(C(=O)Nc2ccc(-c3nc4ccccc4n3C)cc2)cc1OC. The number of hydrogen-bond donors (Lipinski definition) is 1. The summed E-state index contributed by atoms with van der Waals surface area (Å²) in [6.45, 7) is 0. The van der Waals surface area contributed by atoms with Crippen LogP contribution in [0.4, 0.5) is 5.69 Å². The summed E-state index contributed by atoms with van der Waals surface area (Å²) in [6.07, 6.45) is 0. The Morgan fingerprint density at radius 3 is 2.34 bits per heavy atom. The van der Waals surface area contributed by atoms with Crippen LogP contribution in [0.25, 0.3) is 22.4 Å². The molecule has 1 aromatic heterocycles. The number of benzene rings is 3. The highest BCUT2D eigenvalue weighted by Crippen LogP contribution is 2.28. The zero-order chi connectivity index (χ0) is 20.4. The normalized spacial score (nSPS) is 10.7. The number of amides is 1. The minimum atomic E-state index is -0.221. The van der Waals surface area contributed by atoms with E-state index in [1.54, 1.807) is 32.4 Å². The summed E-state index contributed by atoms with van der Waals surface area (Å²) >= 11 is 0. The Balaban J connectivity index is 1.55. The highest BCUT2D eigenvalue weighted by Gasteiger charge is 2.12. The van der Waals surface area contributed by atoms with E-state index in [0.717, 1.165) is 22.4 Å². The van der Waals surface area contributed by atoms with Crippen molar-refractivity contribution in [3.8, 4) is 22.9 Å². The number of nitrogens with one attached hydrogen (secondary N) is 1. The van der Waals surface area contributed by atoms with Crippen LogP contribution in [0.2, 0.25) is 0 Å². The molecule has 4 rings (SSSR count). The van der Waals surface area contributed by atoms with Gasteiger partial charge < -0.3 is 19.4 Å². The van der Waals surface area contributed by atoms with E-state index in [9.17, 15) is 4.79 Å². The minimum Gasteiger partial charge on any atom is -0.493 e. The number of nitrogens with zero attached hydrogens (tertiary/aromatic N) is 2. The molecule has 0 atom stereocenters. The van der Waals surface area contributed by atoms with Crippen LogP contribution >= 0.6 is 0 Å². The highest BCUT2D eigenvalue weighted by atomic mass is 16.5. The van der Waals surface area contributed by atoms with Crippen molar-refractivity contribution in [2.24, 2.45) is 7.05 Å². The monoisotopic (exact) mass is 387 g/mol. The number of methoxy groups -OCH3 is 2. The lowest BCUT2D eigenvalue weighted by molar-refractivity contribution is 0.102. The third-order valence-corrected chi connectivity index (χ3v) is 4.83. The van der Waals surface area contributed by atoms with Crippen molar-refractivity contribution >= 4 is 22.6 Å². The number of anilines is 1. The van der Waals surface area contributed by atoms with Crippen LogP contribution in [-0.4, -0.2) is 29.7 Å². The number of imidazole rings is 1. The van der Waals surface area contributed by atoms with Crippen LogP contribution < -0.4 is 14.8 Å². The maximum atomic E-state index is 12.6. The third-order valence-electron chi connectivity index (χ3n) is 4.83. The number of aromatic nitrogens is 2. The first-order chi connectivity index (χ1) is 14.1. The Morgan fingerprint density at radius 1 is 0.931 bits per heavy atom. The van der Waals surface area contributed by atoms with Gasteiger partial charge in [-0.25, -0.2) is 4.98 Å². The molecule has 1 heterocycles. The smallest absolute Gasteiger partial charge is 0.255 e. The number of hydrogen-bond acceptors (Lipinski definition) is 4. The lowest BCUT2D eigenvalue weighted by Crippen LogP contribution is -2.12. The van der Waals surface area contributed by atoms with Crippen molar-refractivity contribution in [2.45, 2.75) is 0 Å². The Labute approximate surface area is 168 Å². The summed E-state index contributed by atoms with van der Waals surface area (Å²) in [4.78, 5) is 17.3. The molecule has 146 valence electrons. The fourth-order valence-corrected chi connectivity index (χ4v) is 3.29. The van der Waals surface area contributed by atoms with Crippen molar-refractivity contribution in [3.63, 3.8) is 0 Å². The molecule has 0 saturated heterocycles. The van der Waals surface area contributed by atoms with Crippen LogP contribution in [0.1, 0.15) is 10.4 Å². The third kappa shape index (κ3) is 3.52. The topological polar surface area (TPSA) is 65.4 Å². The Bertz CT molecular complexity index is 1180. The average molecular weight is 387 g/mol. The Morgan fingerprint density at radius 2 is 1.66 bits per heavy atom. The van der Waals surface area contributed by atoms with Gasteiger partial charge in [0.1, 0.15) is 5.82 Å². The molecular weight excluding hydrogens is 366 g/mol. The number of carbonyl (C=O) groups is 1. The van der Waals surface area contributed by atoms with Gasteiger partial charge in [0.2, 0.25) is 0 Å². The second kappa shape index (κ2) is 7.67. The van der Waals surface area contributed by atoms with Crippen molar-refractivity contribution in [1.29, 1.82) is 0 Å². The first kappa shape index (κ1) is 18.6. The van der Waals surface area contributed by atoms with Crippen molar-refractivity contribution in [3.05, 3.63) is 72.3 Å². The van der Waals surface area contributed by atoms with E-state index in [4.69, 9.17) is 14.5 Å². The summed E-state index contributed by atoms with van der Waals surface area (Å²) in [5.41, 5.74) is 4.20. The van der Waals surface area contributed by atoms with Gasteiger partial charge in [-0.3, -0.25) is 4.79 Å². The van der Waals surface area contributed by atoms with E-state index < -0.39 is 0 Å². The average Bonchev–Trinajstić information content (AvgIpc) is 3.10. The quantitative estimate of drug-likeness (QED) is 0.547. The summed E-state index contributed by atoms with van der Waals surface area (Å²) in [5.74, 6) is 1.75. The molecule has 0 fully saturated rings. The molecule has 0 aliphatic heterocycles. The van der Waals surface area contributed by atoms with Crippen LogP contribution in [0.15, 0.2) is 66.7 Å². The highest BCUT2D eigenvalue weighted by molar-refractivity contribution is 6.04. The fourth-order valence-electron chi connectivity index (χ4n) is 3.29. The first-order valence-corrected chi connectivity index (χ1v) is 9.16. The predicted octanol–water partition coefficient (Wildman–Crippen LogP) is 4.51. The summed E-state index contributed by atoms with van der Waals surface area (Å²) in [7, 11) is 5.10. The molecule has 0 unspecified atom stereocenters. The molecule has 1 N–H and O–H groups in total. The molecule has 0 aliphatic carbocycles. The Kier molecular flexibility index (Phi) is 4.91. The molecule has 4 aromatic rings. The number of ether oxygens (including phenoxy) is 2. The second-order valence-electron chi connectivity index (χ2n) is 6.58. The molecule has 0 aliphatic rings. The second-order valence-corrected chi connectivity index (χ2v) is 6.58. The molecule has 0 spiro atoms. The van der Waals surface area contributed by atoms with Gasteiger partial charge in [-0.05, 0) is 54.6 Å². The molecule has 3 aromatic carbocycles. The number of carbonyl (C=O) groups excluding carboxylic acids is 1. The maximum Gasteiger partial charge on any atom is 0.255 e. The van der Waals surface area contributed by atoms with E-state index in [1.807, 2.05) is 55.6 Å². The number of rotatable bonds is 5. The van der Waals surface area contributed by atoms with Crippen LogP contribution in [-0.2, 0) is 7.05 Å². The van der Waals surface area contributed by atoms with Gasteiger partial charge in [-0.15, -0.1) is 0 Å². The van der Waals surface area contributed by atoms with Gasteiger partial charge in [0.25, 0.3) is 5.91 Å². The molecule has 0 saturated carbocycles. The van der Waals surface area contributed by atoms with Gasteiger partial charge >= 0.3 is 0 Å². The Hall–Kier alpha value is -3.80. The largest absolute Gasteiger partial charge is 0.493 e. The standard InChI is InChI=1S/C23H21N3O3/c1-26-19-7-5-4-6-18(19)25-22(26)15-8-11-17(12-9-15)24-23(27)16-10-13-20(28-2)21(14-16)29-3/h4-14H,1-3H3,(H,24,27). The van der Waals surface area contributed by atoms with Crippen LogP contribution in [0, 0.1) is 0 Å². The molecule has 6 nitrogen and oxygen atoms in total. The number of fused-ring (bicyclic) bond motifs is 1. The minimum absolute atomic E-state index is 0.221. The summed E-state index contributed by atoms with van der Waals surface area (Å²) in [5, 5.41) is 2.90. The number of para-hydroxylation sites is 2. The fraction of sp³-hybridized carbons (Fsp3) is 0.130. The van der Waals surface area contributed by atoms with Crippen LogP contribution in [0.3, 0.4) is 0 Å². The molecule has 0 radical (unpaired) electrons. The van der Waals surface area contributed by atoms with Gasteiger partial charge in [0.05, 0.1) is 25.3 Å². The lowest BCUT2D eigenvalue weighted by atomic mass is 10.1. The van der Waals surface area contributed by atoms with Crippen molar-refractivity contribution < 1.29 is 14.3 Å². The van der Waals surface area contributed by atoms with E-state index in [0.29, 0.717) is 22.7 Å². The zero-order valence-electron chi connectivity index (χ0n) is 16.5. The van der Waals surface area contributed by atoms with E-state index in [1.165, 1.54) is 0 Å². The molecule has 0 bridgehead atoms. The van der Waals surface area contributed by atoms with Crippen molar-refractivity contribution in [1.82, 2.24) is 9.55 Å². The lowest BCUT2D eigenvalue weighted by Gasteiger charge is -2.10. The van der Waals surface area contributed by atoms with E-state index in [2.05, 4.69) is 9.88 Å². The first-order valence-electron chi connectivity index (χ1n) is 9.16. The maximum absolute atomic E-state index is 12.6. The van der Waals surface area contributed by atoms with Gasteiger partial charge in [-0.1, -0.05) is 12.1 Å². The van der Waals surface area contributed by atoms with E-state index >= 15 is 0 Å².